The predicted octanol–water partition coefficient (Wildman–Crippen LogP) is 3.04. The molecule has 0 spiro atoms. The molecule has 0 aromatic heterocycles. The number of rotatable bonds is 6. The molecule has 6 heteroatoms. The number of ether oxygens (including phenoxy) is 1. The first-order valence-corrected chi connectivity index (χ1v) is 9.07. The lowest BCUT2D eigenvalue weighted by atomic mass is 10.1. The molecule has 1 fully saturated rings. The summed E-state index contributed by atoms with van der Waals surface area (Å²) in [6, 6.07) is 14.7. The molecule has 1 N–H and O–H groups in total. The fourth-order valence-electron chi connectivity index (χ4n) is 3.04. The molecule has 26 heavy (non-hydrogen) atoms. The third-order valence-corrected chi connectivity index (χ3v) is 4.75. The lowest BCUT2D eigenvalue weighted by Crippen LogP contribution is -2.47. The summed E-state index contributed by atoms with van der Waals surface area (Å²) in [6.07, 6.45) is -0.154. The van der Waals surface area contributed by atoms with Crippen molar-refractivity contribution < 1.29 is 13.9 Å². The average molecular weight is 377 g/mol. The van der Waals surface area contributed by atoms with Crippen LogP contribution in [-0.2, 0) is 22.5 Å². The molecule has 1 saturated heterocycles. The van der Waals surface area contributed by atoms with Gasteiger partial charge in [-0.25, -0.2) is 4.39 Å². The van der Waals surface area contributed by atoms with Gasteiger partial charge >= 0.3 is 0 Å². The number of amides is 1. The Labute approximate surface area is 157 Å². The van der Waals surface area contributed by atoms with Crippen LogP contribution in [0.2, 0.25) is 5.02 Å². The molecule has 1 aliphatic heterocycles. The van der Waals surface area contributed by atoms with Crippen LogP contribution in [0.25, 0.3) is 0 Å². The second-order valence-corrected chi connectivity index (χ2v) is 6.80. The standard InChI is InChI=1S/C20H22ClFN2O2/c21-18-7-4-8-19(22)17(18)11-20(25)23-12-16-14-24(9-10-26-16)13-15-5-2-1-3-6-15/h1-8,16H,9-14H2,(H,23,25). The van der Waals surface area contributed by atoms with E-state index in [2.05, 4.69) is 22.3 Å². The summed E-state index contributed by atoms with van der Waals surface area (Å²) in [5.74, 6) is -0.726. The number of carbonyl (C=O) groups excluding carboxylic acids is 1. The van der Waals surface area contributed by atoms with Crippen molar-refractivity contribution in [3.63, 3.8) is 0 Å². The van der Waals surface area contributed by atoms with E-state index in [-0.39, 0.29) is 29.0 Å². The number of hydrogen-bond donors (Lipinski definition) is 1. The van der Waals surface area contributed by atoms with Crippen LogP contribution in [0.5, 0.6) is 0 Å². The van der Waals surface area contributed by atoms with Gasteiger partial charge in [0.15, 0.2) is 0 Å². The van der Waals surface area contributed by atoms with E-state index in [1.165, 1.54) is 17.7 Å². The van der Waals surface area contributed by atoms with Gasteiger partial charge in [0.25, 0.3) is 0 Å². The fraction of sp³-hybridized carbons (Fsp3) is 0.350. The monoisotopic (exact) mass is 376 g/mol. The van der Waals surface area contributed by atoms with Crippen LogP contribution >= 0.6 is 11.6 Å². The van der Waals surface area contributed by atoms with Gasteiger partial charge in [-0.15, -0.1) is 0 Å². The minimum atomic E-state index is -0.462. The predicted molar refractivity (Wildman–Crippen MR) is 99.6 cm³/mol. The quantitative estimate of drug-likeness (QED) is 0.842. The lowest BCUT2D eigenvalue weighted by Gasteiger charge is -2.33. The first-order chi connectivity index (χ1) is 12.6. The van der Waals surface area contributed by atoms with Crippen LogP contribution in [-0.4, -0.2) is 43.2 Å². The highest BCUT2D eigenvalue weighted by atomic mass is 35.5. The summed E-state index contributed by atoms with van der Waals surface area (Å²) in [7, 11) is 0. The summed E-state index contributed by atoms with van der Waals surface area (Å²) in [5.41, 5.74) is 1.48. The highest BCUT2D eigenvalue weighted by Gasteiger charge is 2.21. The maximum Gasteiger partial charge on any atom is 0.224 e. The molecule has 0 saturated carbocycles. The number of nitrogens with zero attached hydrogens (tertiary/aromatic N) is 1. The first kappa shape index (κ1) is 18.8. The zero-order chi connectivity index (χ0) is 18.4. The third-order valence-electron chi connectivity index (χ3n) is 4.40. The van der Waals surface area contributed by atoms with Gasteiger partial charge in [-0.2, -0.15) is 0 Å². The molecule has 0 bridgehead atoms. The Balaban J connectivity index is 1.47. The van der Waals surface area contributed by atoms with Crippen molar-refractivity contribution in [2.24, 2.45) is 0 Å². The Bertz CT molecular complexity index is 722. The summed E-state index contributed by atoms with van der Waals surface area (Å²) < 4.78 is 19.5. The van der Waals surface area contributed by atoms with E-state index >= 15 is 0 Å². The van der Waals surface area contributed by atoms with E-state index in [9.17, 15) is 9.18 Å². The van der Waals surface area contributed by atoms with Gasteiger partial charge in [-0.05, 0) is 17.7 Å². The molecule has 1 unspecified atom stereocenters. The van der Waals surface area contributed by atoms with E-state index in [1.54, 1.807) is 6.07 Å². The van der Waals surface area contributed by atoms with Crippen LogP contribution in [0.4, 0.5) is 4.39 Å². The van der Waals surface area contributed by atoms with Gasteiger partial charge in [0.1, 0.15) is 5.82 Å². The van der Waals surface area contributed by atoms with Gasteiger partial charge in [0.2, 0.25) is 5.91 Å². The van der Waals surface area contributed by atoms with E-state index < -0.39 is 5.82 Å². The largest absolute Gasteiger partial charge is 0.374 e. The van der Waals surface area contributed by atoms with Crippen molar-refractivity contribution in [1.82, 2.24) is 10.2 Å². The van der Waals surface area contributed by atoms with Gasteiger partial charge in [-0.3, -0.25) is 9.69 Å². The van der Waals surface area contributed by atoms with Gasteiger partial charge in [0, 0.05) is 36.8 Å². The maximum absolute atomic E-state index is 13.8. The Hall–Kier alpha value is -1.95. The van der Waals surface area contributed by atoms with Crippen LogP contribution in [0.1, 0.15) is 11.1 Å². The van der Waals surface area contributed by atoms with Crippen molar-refractivity contribution in [1.29, 1.82) is 0 Å². The molecule has 2 aromatic rings. The van der Waals surface area contributed by atoms with E-state index in [0.29, 0.717) is 13.2 Å². The fourth-order valence-corrected chi connectivity index (χ4v) is 3.27. The zero-order valence-corrected chi connectivity index (χ0v) is 15.2. The smallest absolute Gasteiger partial charge is 0.224 e. The Morgan fingerprint density at radius 3 is 2.81 bits per heavy atom. The topological polar surface area (TPSA) is 41.6 Å². The second-order valence-electron chi connectivity index (χ2n) is 6.39. The maximum atomic E-state index is 13.8. The number of halogens is 2. The van der Waals surface area contributed by atoms with E-state index in [0.717, 1.165) is 19.6 Å². The molecule has 1 heterocycles. The highest BCUT2D eigenvalue weighted by molar-refractivity contribution is 6.31. The average Bonchev–Trinajstić information content (AvgIpc) is 2.64. The Kier molecular flexibility index (Phi) is 6.61. The molecular weight excluding hydrogens is 355 g/mol. The van der Waals surface area contributed by atoms with Gasteiger partial charge in [0.05, 0.1) is 19.1 Å². The Morgan fingerprint density at radius 2 is 2.04 bits per heavy atom. The molecule has 1 amide bonds. The van der Waals surface area contributed by atoms with Crippen molar-refractivity contribution in [2.75, 3.05) is 26.2 Å². The molecule has 1 aliphatic rings. The molecular formula is C20H22ClFN2O2. The minimum absolute atomic E-state index is 0.0764. The SMILES string of the molecule is O=C(Cc1c(F)cccc1Cl)NCC1CN(Cc2ccccc2)CCO1. The summed E-state index contributed by atoms with van der Waals surface area (Å²) in [4.78, 5) is 14.4. The van der Waals surface area contributed by atoms with Crippen molar-refractivity contribution in [3.05, 3.63) is 70.5 Å². The molecule has 3 rings (SSSR count). The zero-order valence-electron chi connectivity index (χ0n) is 14.5. The third kappa shape index (κ3) is 5.27. The molecule has 138 valence electrons. The number of hydrogen-bond acceptors (Lipinski definition) is 3. The molecule has 0 aliphatic carbocycles. The van der Waals surface area contributed by atoms with E-state index in [1.807, 2.05) is 18.2 Å². The van der Waals surface area contributed by atoms with Crippen molar-refractivity contribution in [3.8, 4) is 0 Å². The lowest BCUT2D eigenvalue weighted by molar-refractivity contribution is -0.121. The first-order valence-electron chi connectivity index (χ1n) is 8.69. The van der Waals surface area contributed by atoms with Crippen molar-refractivity contribution in [2.45, 2.75) is 19.1 Å². The minimum Gasteiger partial charge on any atom is -0.374 e. The molecule has 1 atom stereocenters. The molecule has 2 aromatic carbocycles. The van der Waals surface area contributed by atoms with Gasteiger partial charge < -0.3 is 10.1 Å². The van der Waals surface area contributed by atoms with Crippen LogP contribution < -0.4 is 5.32 Å². The number of benzene rings is 2. The van der Waals surface area contributed by atoms with Crippen LogP contribution in [0.3, 0.4) is 0 Å². The molecule has 0 radical (unpaired) electrons. The highest BCUT2D eigenvalue weighted by Crippen LogP contribution is 2.19. The number of nitrogens with one attached hydrogen (secondary N) is 1. The Morgan fingerprint density at radius 1 is 1.23 bits per heavy atom. The van der Waals surface area contributed by atoms with Crippen LogP contribution in [0, 0.1) is 5.82 Å². The van der Waals surface area contributed by atoms with Crippen LogP contribution in [0.15, 0.2) is 48.5 Å². The summed E-state index contributed by atoms with van der Waals surface area (Å²) in [5, 5.41) is 3.09. The number of morpholine rings is 1. The van der Waals surface area contributed by atoms with E-state index in [4.69, 9.17) is 16.3 Å². The molecule has 4 nitrogen and oxygen atoms in total. The summed E-state index contributed by atoms with van der Waals surface area (Å²) in [6.45, 7) is 3.50. The second kappa shape index (κ2) is 9.12. The summed E-state index contributed by atoms with van der Waals surface area (Å²) >= 11 is 5.97. The number of carbonyl (C=O) groups is 1. The van der Waals surface area contributed by atoms with Crippen molar-refractivity contribution >= 4 is 17.5 Å². The van der Waals surface area contributed by atoms with Gasteiger partial charge in [-0.1, -0.05) is 48.0 Å². The normalized spacial score (nSPS) is 17.8.